The fourth-order valence-corrected chi connectivity index (χ4v) is 5.93. The van der Waals surface area contributed by atoms with E-state index in [0.29, 0.717) is 25.4 Å². The summed E-state index contributed by atoms with van der Waals surface area (Å²) in [6.45, 7) is 4.22. The van der Waals surface area contributed by atoms with Crippen molar-refractivity contribution in [2.75, 3.05) is 26.2 Å². The van der Waals surface area contributed by atoms with Crippen LogP contribution in [0.1, 0.15) is 36.3 Å². The van der Waals surface area contributed by atoms with Gasteiger partial charge in [0.2, 0.25) is 5.09 Å². The molecular formula is C19H26N2O4S2. The van der Waals surface area contributed by atoms with Gasteiger partial charge in [-0.05, 0) is 49.3 Å². The molecule has 0 amide bonds. The summed E-state index contributed by atoms with van der Waals surface area (Å²) in [7, 11) is -3.50. The number of rotatable bonds is 8. The Kier molecular flexibility index (Phi) is 5.99. The molecule has 0 saturated carbocycles. The second kappa shape index (κ2) is 8.45. The van der Waals surface area contributed by atoms with Crippen LogP contribution in [-0.4, -0.2) is 50.0 Å². The second-order valence-corrected chi connectivity index (χ2v) is 10.1. The largest absolute Gasteiger partial charge is 0.447 e. The minimum absolute atomic E-state index is 0.0626. The molecule has 2 fully saturated rings. The Hall–Kier alpha value is -1.19. The van der Waals surface area contributed by atoms with E-state index in [4.69, 9.17) is 9.15 Å². The zero-order valence-electron chi connectivity index (χ0n) is 15.4. The molecule has 1 atom stereocenters. The number of furan rings is 1. The Labute approximate surface area is 164 Å². The molecule has 27 heavy (non-hydrogen) atoms. The number of sulfonamides is 1. The molecule has 2 aromatic rings. The third-order valence-electron chi connectivity index (χ3n) is 5.12. The quantitative estimate of drug-likeness (QED) is 0.668. The lowest BCUT2D eigenvalue weighted by atomic mass is 10.2. The number of hydrogen-bond acceptors (Lipinski definition) is 6. The van der Waals surface area contributed by atoms with Crippen molar-refractivity contribution in [3.05, 3.63) is 40.3 Å². The molecule has 0 bridgehead atoms. The maximum Gasteiger partial charge on any atom is 0.276 e. The first-order valence-electron chi connectivity index (χ1n) is 9.56. The predicted molar refractivity (Wildman–Crippen MR) is 104 cm³/mol. The topological polar surface area (TPSA) is 63.0 Å². The molecule has 0 aromatic carbocycles. The van der Waals surface area contributed by atoms with Crippen LogP contribution < -0.4 is 0 Å². The van der Waals surface area contributed by atoms with Crippen molar-refractivity contribution in [3.63, 3.8) is 0 Å². The summed E-state index contributed by atoms with van der Waals surface area (Å²) in [5.74, 6) is 0.683. The van der Waals surface area contributed by atoms with Crippen LogP contribution in [0, 0.1) is 0 Å². The zero-order valence-corrected chi connectivity index (χ0v) is 17.0. The van der Waals surface area contributed by atoms with E-state index in [1.807, 2.05) is 0 Å². The van der Waals surface area contributed by atoms with Crippen molar-refractivity contribution in [2.24, 2.45) is 0 Å². The van der Waals surface area contributed by atoms with Gasteiger partial charge >= 0.3 is 0 Å². The first-order chi connectivity index (χ1) is 13.1. The highest BCUT2D eigenvalue weighted by Gasteiger charge is 2.30. The monoisotopic (exact) mass is 410 g/mol. The molecule has 6 nitrogen and oxygen atoms in total. The van der Waals surface area contributed by atoms with Gasteiger partial charge < -0.3 is 9.15 Å². The third-order valence-corrected chi connectivity index (χ3v) is 7.76. The lowest BCUT2D eigenvalue weighted by Gasteiger charge is -2.23. The highest BCUT2D eigenvalue weighted by molar-refractivity contribution is 7.89. The van der Waals surface area contributed by atoms with E-state index in [2.05, 4.69) is 22.4 Å². The second-order valence-electron chi connectivity index (χ2n) is 7.22. The van der Waals surface area contributed by atoms with Crippen molar-refractivity contribution in [2.45, 2.75) is 50.0 Å². The molecule has 0 aliphatic carbocycles. The summed E-state index contributed by atoms with van der Waals surface area (Å²) in [6, 6.07) is 7.56. The minimum atomic E-state index is -3.50. The first-order valence-corrected chi connectivity index (χ1v) is 11.9. The van der Waals surface area contributed by atoms with Crippen LogP contribution in [0.5, 0.6) is 0 Å². The van der Waals surface area contributed by atoms with E-state index in [0.717, 1.165) is 45.4 Å². The van der Waals surface area contributed by atoms with Crippen LogP contribution in [0.4, 0.5) is 0 Å². The highest BCUT2D eigenvalue weighted by atomic mass is 32.2. The minimum Gasteiger partial charge on any atom is -0.447 e. The molecule has 0 spiro atoms. The number of nitrogens with zero attached hydrogens (tertiary/aromatic N) is 2. The van der Waals surface area contributed by atoms with Crippen LogP contribution in [-0.2, 0) is 27.8 Å². The Morgan fingerprint density at radius 3 is 2.70 bits per heavy atom. The molecule has 148 valence electrons. The van der Waals surface area contributed by atoms with Crippen molar-refractivity contribution in [1.29, 1.82) is 0 Å². The predicted octanol–water partition coefficient (Wildman–Crippen LogP) is 3.31. The summed E-state index contributed by atoms with van der Waals surface area (Å²) in [5.41, 5.74) is 0. The van der Waals surface area contributed by atoms with Gasteiger partial charge in [0.05, 0.1) is 12.6 Å². The third kappa shape index (κ3) is 4.63. The Morgan fingerprint density at radius 1 is 1.15 bits per heavy atom. The van der Waals surface area contributed by atoms with E-state index in [1.54, 1.807) is 23.5 Å². The molecule has 1 unspecified atom stereocenters. The molecule has 2 aliphatic rings. The summed E-state index contributed by atoms with van der Waals surface area (Å²) in [5, 5.41) is 2.14. The van der Waals surface area contributed by atoms with Crippen LogP contribution in [0.2, 0.25) is 0 Å². The summed E-state index contributed by atoms with van der Waals surface area (Å²) < 4.78 is 38.4. The number of hydrogen-bond donors (Lipinski definition) is 0. The lowest BCUT2D eigenvalue weighted by molar-refractivity contribution is 0.0653. The first kappa shape index (κ1) is 19.1. The average Bonchev–Trinajstić information content (AvgIpc) is 3.43. The summed E-state index contributed by atoms with van der Waals surface area (Å²) >= 11 is 1.73. The Morgan fingerprint density at radius 2 is 2.00 bits per heavy atom. The number of ether oxygens (including phenoxy) is 1. The van der Waals surface area contributed by atoms with Gasteiger partial charge in [0.25, 0.3) is 10.0 Å². The van der Waals surface area contributed by atoms with Gasteiger partial charge in [0.1, 0.15) is 5.76 Å². The summed E-state index contributed by atoms with van der Waals surface area (Å²) in [6.07, 6.45) is 4.27. The molecule has 4 rings (SSSR count). The van der Waals surface area contributed by atoms with E-state index in [1.165, 1.54) is 9.18 Å². The van der Waals surface area contributed by atoms with Gasteiger partial charge in [0, 0.05) is 37.7 Å². The summed E-state index contributed by atoms with van der Waals surface area (Å²) in [4.78, 5) is 3.57. The highest BCUT2D eigenvalue weighted by Crippen LogP contribution is 2.24. The normalized spacial score (nSPS) is 21.4. The van der Waals surface area contributed by atoms with E-state index >= 15 is 0 Å². The van der Waals surface area contributed by atoms with Gasteiger partial charge in [-0.15, -0.1) is 11.3 Å². The SMILES string of the molecule is O=S(=O)(c1ccc(CN(Cc2cccs2)CC2CCCO2)o1)N1CCCC1. The molecule has 0 N–H and O–H groups in total. The lowest BCUT2D eigenvalue weighted by Crippen LogP contribution is -2.31. The van der Waals surface area contributed by atoms with Crippen LogP contribution in [0.15, 0.2) is 39.2 Å². The maximum absolute atomic E-state index is 12.7. The van der Waals surface area contributed by atoms with Gasteiger partial charge in [-0.3, -0.25) is 4.90 Å². The molecule has 8 heteroatoms. The van der Waals surface area contributed by atoms with Crippen molar-refractivity contribution < 1.29 is 17.6 Å². The standard InChI is InChI=1S/C19H26N2O4S2/c22-27(23,21-9-1-2-10-21)19-8-7-17(25-19)14-20(13-16-5-3-11-24-16)15-18-6-4-12-26-18/h4,6-8,12,16H,1-3,5,9-11,13-15H2. The van der Waals surface area contributed by atoms with Gasteiger partial charge in [-0.25, -0.2) is 8.42 Å². The number of thiophene rings is 1. The Bertz CT molecular complexity index is 820. The van der Waals surface area contributed by atoms with Gasteiger partial charge in [0.15, 0.2) is 0 Å². The van der Waals surface area contributed by atoms with E-state index < -0.39 is 10.0 Å². The fraction of sp³-hybridized carbons (Fsp3) is 0.579. The molecule has 0 radical (unpaired) electrons. The molecule has 2 aromatic heterocycles. The van der Waals surface area contributed by atoms with Crippen molar-refractivity contribution in [1.82, 2.24) is 9.21 Å². The van der Waals surface area contributed by atoms with Gasteiger partial charge in [-0.1, -0.05) is 6.07 Å². The van der Waals surface area contributed by atoms with Crippen LogP contribution >= 0.6 is 11.3 Å². The maximum atomic E-state index is 12.7. The van der Waals surface area contributed by atoms with Crippen LogP contribution in [0.3, 0.4) is 0 Å². The van der Waals surface area contributed by atoms with E-state index in [-0.39, 0.29) is 11.2 Å². The molecular weight excluding hydrogens is 384 g/mol. The Balaban J connectivity index is 1.46. The molecule has 4 heterocycles. The van der Waals surface area contributed by atoms with E-state index in [9.17, 15) is 8.42 Å². The molecule has 2 aliphatic heterocycles. The van der Waals surface area contributed by atoms with Crippen LogP contribution in [0.25, 0.3) is 0 Å². The zero-order chi connectivity index (χ0) is 18.7. The van der Waals surface area contributed by atoms with Crippen molar-refractivity contribution >= 4 is 21.4 Å². The van der Waals surface area contributed by atoms with Gasteiger partial charge in [-0.2, -0.15) is 4.31 Å². The average molecular weight is 411 g/mol. The molecule has 2 saturated heterocycles. The smallest absolute Gasteiger partial charge is 0.276 e. The fourth-order valence-electron chi connectivity index (χ4n) is 3.74. The van der Waals surface area contributed by atoms with Crippen molar-refractivity contribution in [3.8, 4) is 0 Å².